The van der Waals surface area contributed by atoms with Gasteiger partial charge in [-0.3, -0.25) is 4.79 Å². The van der Waals surface area contributed by atoms with Gasteiger partial charge < -0.3 is 9.47 Å². The molecule has 84 valence electrons. The Labute approximate surface area is 90.4 Å². The van der Waals surface area contributed by atoms with Crippen LogP contribution in [-0.4, -0.2) is 19.7 Å². The highest BCUT2D eigenvalue weighted by molar-refractivity contribution is 5.78. The molecule has 0 aromatic carbocycles. The van der Waals surface area contributed by atoms with Crippen molar-refractivity contribution in [3.63, 3.8) is 0 Å². The first-order chi connectivity index (χ1) is 7.24. The minimum absolute atomic E-state index is 0.0265. The number of ether oxygens (including phenoxy) is 2. The molecular formula is C12H18O3. The number of methoxy groups -OCH3 is 1. The Morgan fingerprint density at radius 3 is 3.13 bits per heavy atom. The highest BCUT2D eigenvalue weighted by Gasteiger charge is 2.62. The minimum Gasteiger partial charge on any atom is -0.504 e. The standard InChI is InChI=1S/C12H18O3/c1-3-15-11(13)10-7-12(10)6-4-5-9(12)8-14-2/h8,10H,3-7H2,1-2H3/b9-8-. The number of hydrogen-bond acceptors (Lipinski definition) is 3. The molecule has 2 fully saturated rings. The van der Waals surface area contributed by atoms with Gasteiger partial charge >= 0.3 is 5.97 Å². The van der Waals surface area contributed by atoms with E-state index in [1.807, 2.05) is 13.2 Å². The van der Waals surface area contributed by atoms with E-state index in [0.717, 1.165) is 19.3 Å². The summed E-state index contributed by atoms with van der Waals surface area (Å²) in [6.07, 6.45) is 6.15. The predicted molar refractivity (Wildman–Crippen MR) is 56.1 cm³/mol. The Balaban J connectivity index is 2.05. The molecule has 2 atom stereocenters. The summed E-state index contributed by atoms with van der Waals surface area (Å²) < 4.78 is 10.1. The Bertz CT molecular complexity index is 295. The van der Waals surface area contributed by atoms with Crippen LogP contribution in [0.3, 0.4) is 0 Å². The first-order valence-corrected chi connectivity index (χ1v) is 5.63. The quantitative estimate of drug-likeness (QED) is 0.529. The van der Waals surface area contributed by atoms with E-state index in [0.29, 0.717) is 6.61 Å². The summed E-state index contributed by atoms with van der Waals surface area (Å²) >= 11 is 0. The Kier molecular flexibility index (Phi) is 2.72. The van der Waals surface area contributed by atoms with Gasteiger partial charge in [0.15, 0.2) is 0 Å². The fourth-order valence-corrected chi connectivity index (χ4v) is 2.81. The third kappa shape index (κ3) is 1.64. The highest BCUT2D eigenvalue weighted by atomic mass is 16.5. The van der Waals surface area contributed by atoms with Gasteiger partial charge in [0.25, 0.3) is 0 Å². The van der Waals surface area contributed by atoms with Crippen molar-refractivity contribution in [2.75, 3.05) is 13.7 Å². The smallest absolute Gasteiger partial charge is 0.309 e. The zero-order valence-corrected chi connectivity index (χ0v) is 9.41. The van der Waals surface area contributed by atoms with Crippen molar-refractivity contribution in [3.8, 4) is 0 Å². The van der Waals surface area contributed by atoms with Crippen LogP contribution in [0, 0.1) is 11.3 Å². The van der Waals surface area contributed by atoms with Crippen molar-refractivity contribution < 1.29 is 14.3 Å². The van der Waals surface area contributed by atoms with Crippen molar-refractivity contribution >= 4 is 5.97 Å². The first kappa shape index (κ1) is 10.5. The topological polar surface area (TPSA) is 35.5 Å². The summed E-state index contributed by atoms with van der Waals surface area (Å²) in [4.78, 5) is 11.6. The molecule has 0 N–H and O–H groups in total. The van der Waals surface area contributed by atoms with Crippen LogP contribution in [0.25, 0.3) is 0 Å². The van der Waals surface area contributed by atoms with Gasteiger partial charge in [0.1, 0.15) is 0 Å². The van der Waals surface area contributed by atoms with Gasteiger partial charge in [-0.25, -0.2) is 0 Å². The maximum atomic E-state index is 11.6. The number of allylic oxidation sites excluding steroid dienone is 1. The fraction of sp³-hybridized carbons (Fsp3) is 0.750. The maximum absolute atomic E-state index is 11.6. The summed E-state index contributed by atoms with van der Waals surface area (Å²) in [5.41, 5.74) is 1.42. The average molecular weight is 210 g/mol. The van der Waals surface area contributed by atoms with Crippen LogP contribution in [0.5, 0.6) is 0 Å². The number of esters is 1. The monoisotopic (exact) mass is 210 g/mol. The lowest BCUT2D eigenvalue weighted by molar-refractivity contribution is -0.145. The second-order valence-electron chi connectivity index (χ2n) is 4.40. The molecule has 0 heterocycles. The number of carbonyl (C=O) groups is 1. The maximum Gasteiger partial charge on any atom is 0.309 e. The summed E-state index contributed by atoms with van der Waals surface area (Å²) in [6.45, 7) is 2.34. The van der Waals surface area contributed by atoms with Crippen molar-refractivity contribution in [3.05, 3.63) is 11.8 Å². The average Bonchev–Trinajstić information content (AvgIpc) is 2.80. The molecule has 0 aromatic heterocycles. The number of hydrogen-bond donors (Lipinski definition) is 0. The molecule has 1 spiro atoms. The molecule has 0 radical (unpaired) electrons. The zero-order chi connectivity index (χ0) is 10.9. The van der Waals surface area contributed by atoms with Gasteiger partial charge in [0.05, 0.1) is 25.9 Å². The van der Waals surface area contributed by atoms with E-state index in [4.69, 9.17) is 9.47 Å². The molecular weight excluding hydrogens is 192 g/mol. The lowest BCUT2D eigenvalue weighted by Crippen LogP contribution is -2.13. The highest BCUT2D eigenvalue weighted by Crippen LogP contribution is 2.65. The molecule has 2 unspecified atom stereocenters. The molecule has 0 amide bonds. The molecule has 15 heavy (non-hydrogen) atoms. The van der Waals surface area contributed by atoms with Crippen LogP contribution < -0.4 is 0 Å². The number of rotatable bonds is 3. The summed E-state index contributed by atoms with van der Waals surface area (Å²) in [6, 6.07) is 0. The molecule has 3 heteroatoms. The lowest BCUT2D eigenvalue weighted by atomic mass is 9.97. The zero-order valence-electron chi connectivity index (χ0n) is 9.41. The second kappa shape index (κ2) is 3.87. The normalized spacial score (nSPS) is 35.9. The third-order valence-corrected chi connectivity index (χ3v) is 3.62. The minimum atomic E-state index is -0.0265. The van der Waals surface area contributed by atoms with E-state index in [-0.39, 0.29) is 17.3 Å². The van der Waals surface area contributed by atoms with Crippen molar-refractivity contribution in [2.45, 2.75) is 32.6 Å². The van der Waals surface area contributed by atoms with Gasteiger partial charge in [-0.15, -0.1) is 0 Å². The van der Waals surface area contributed by atoms with E-state index in [1.54, 1.807) is 7.11 Å². The molecule has 0 bridgehead atoms. The molecule has 3 nitrogen and oxygen atoms in total. The summed E-state index contributed by atoms with van der Waals surface area (Å²) in [5.74, 6) is 0.0720. The number of carbonyl (C=O) groups excluding carboxylic acids is 1. The van der Waals surface area contributed by atoms with Crippen molar-refractivity contribution in [1.29, 1.82) is 0 Å². The molecule has 0 saturated heterocycles. The SMILES string of the molecule is CCOC(=O)C1CC12CCC/C2=C/OC. The van der Waals surface area contributed by atoms with E-state index < -0.39 is 0 Å². The van der Waals surface area contributed by atoms with Crippen molar-refractivity contribution in [1.82, 2.24) is 0 Å². The molecule has 0 aliphatic heterocycles. The van der Waals surface area contributed by atoms with Crippen LogP contribution in [-0.2, 0) is 14.3 Å². The van der Waals surface area contributed by atoms with Gasteiger partial charge in [0.2, 0.25) is 0 Å². The van der Waals surface area contributed by atoms with E-state index >= 15 is 0 Å². The van der Waals surface area contributed by atoms with Crippen LogP contribution in [0.4, 0.5) is 0 Å². The molecule has 0 aromatic rings. The molecule has 2 rings (SSSR count). The molecule has 2 aliphatic carbocycles. The summed E-state index contributed by atoms with van der Waals surface area (Å²) in [7, 11) is 1.67. The van der Waals surface area contributed by atoms with E-state index in [9.17, 15) is 4.79 Å². The Hall–Kier alpha value is -0.990. The Morgan fingerprint density at radius 2 is 2.47 bits per heavy atom. The van der Waals surface area contributed by atoms with Crippen molar-refractivity contribution in [2.24, 2.45) is 11.3 Å². The van der Waals surface area contributed by atoms with Gasteiger partial charge in [-0.05, 0) is 38.2 Å². The van der Waals surface area contributed by atoms with E-state index in [1.165, 1.54) is 12.0 Å². The largest absolute Gasteiger partial charge is 0.504 e. The predicted octanol–water partition coefficient (Wildman–Crippen LogP) is 2.27. The van der Waals surface area contributed by atoms with Gasteiger partial charge in [0, 0.05) is 5.41 Å². The summed E-state index contributed by atoms with van der Waals surface area (Å²) in [5, 5.41) is 0. The van der Waals surface area contributed by atoms with E-state index in [2.05, 4.69) is 0 Å². The van der Waals surface area contributed by atoms with Crippen LogP contribution in [0.1, 0.15) is 32.6 Å². The van der Waals surface area contributed by atoms with Crippen LogP contribution >= 0.6 is 0 Å². The first-order valence-electron chi connectivity index (χ1n) is 5.63. The third-order valence-electron chi connectivity index (χ3n) is 3.62. The van der Waals surface area contributed by atoms with Crippen LogP contribution in [0.15, 0.2) is 11.8 Å². The lowest BCUT2D eigenvalue weighted by Gasteiger charge is -2.10. The van der Waals surface area contributed by atoms with Gasteiger partial charge in [-0.1, -0.05) is 0 Å². The molecule has 2 aliphatic rings. The molecule has 2 saturated carbocycles. The second-order valence-corrected chi connectivity index (χ2v) is 4.40. The fourth-order valence-electron chi connectivity index (χ4n) is 2.81. The Morgan fingerprint density at radius 1 is 1.67 bits per heavy atom. The van der Waals surface area contributed by atoms with Gasteiger partial charge in [-0.2, -0.15) is 0 Å². The van der Waals surface area contributed by atoms with Crippen LogP contribution in [0.2, 0.25) is 0 Å².